The van der Waals surface area contributed by atoms with E-state index in [-0.39, 0.29) is 16.8 Å². The number of nitrogens with zero attached hydrogens (tertiary/aromatic N) is 2. The zero-order chi connectivity index (χ0) is 14.7. The van der Waals surface area contributed by atoms with Crippen LogP contribution in [0.5, 0.6) is 0 Å². The van der Waals surface area contributed by atoms with E-state index in [2.05, 4.69) is 0 Å². The van der Waals surface area contributed by atoms with Crippen LogP contribution in [0, 0.1) is 5.82 Å². The fourth-order valence-electron chi connectivity index (χ4n) is 2.07. The second-order valence-corrected chi connectivity index (χ2v) is 4.87. The van der Waals surface area contributed by atoms with Gasteiger partial charge in [0.25, 0.3) is 5.91 Å². The van der Waals surface area contributed by atoms with E-state index < -0.39 is 12.4 Å². The molecule has 1 saturated heterocycles. The molecule has 108 valence electrons. The van der Waals surface area contributed by atoms with E-state index in [0.717, 1.165) is 6.07 Å². The average Bonchev–Trinajstić information content (AvgIpc) is 2.48. The van der Waals surface area contributed by atoms with Gasteiger partial charge in [0.15, 0.2) is 0 Å². The first-order chi connectivity index (χ1) is 9.52. The summed E-state index contributed by atoms with van der Waals surface area (Å²) in [6, 6.07) is 3.83. The highest BCUT2D eigenvalue weighted by Crippen LogP contribution is 2.18. The Hall–Kier alpha value is -1.66. The number of hydrogen-bond donors (Lipinski definition) is 1. The second-order valence-electron chi connectivity index (χ2n) is 4.46. The molecule has 20 heavy (non-hydrogen) atoms. The molecule has 0 bridgehead atoms. The zero-order valence-corrected chi connectivity index (χ0v) is 11.4. The van der Waals surface area contributed by atoms with Crippen LogP contribution in [0.4, 0.5) is 4.39 Å². The van der Waals surface area contributed by atoms with Crippen molar-refractivity contribution in [3.05, 3.63) is 34.6 Å². The molecular weight excluding hydrogens is 287 g/mol. The number of amides is 2. The number of piperazine rings is 1. The van der Waals surface area contributed by atoms with E-state index >= 15 is 0 Å². The molecule has 0 unspecified atom stereocenters. The minimum absolute atomic E-state index is 0.0926. The molecule has 0 saturated carbocycles. The first-order valence-electron chi connectivity index (χ1n) is 6.16. The Morgan fingerprint density at radius 3 is 2.35 bits per heavy atom. The lowest BCUT2D eigenvalue weighted by atomic mass is 10.1. The lowest BCUT2D eigenvalue weighted by Gasteiger charge is -2.34. The summed E-state index contributed by atoms with van der Waals surface area (Å²) in [7, 11) is 0. The number of rotatable bonds is 2. The van der Waals surface area contributed by atoms with Gasteiger partial charge in [0.05, 0.1) is 5.02 Å². The smallest absolute Gasteiger partial charge is 0.254 e. The molecule has 1 heterocycles. The summed E-state index contributed by atoms with van der Waals surface area (Å²) < 4.78 is 13.1. The predicted molar refractivity (Wildman–Crippen MR) is 71.0 cm³/mol. The molecule has 0 aromatic heterocycles. The van der Waals surface area contributed by atoms with Crippen LogP contribution >= 0.6 is 11.6 Å². The largest absolute Gasteiger partial charge is 0.387 e. The lowest BCUT2D eigenvalue weighted by Crippen LogP contribution is -2.51. The summed E-state index contributed by atoms with van der Waals surface area (Å²) in [5, 5.41) is 8.68. The van der Waals surface area contributed by atoms with Crippen LogP contribution < -0.4 is 0 Å². The van der Waals surface area contributed by atoms with Gasteiger partial charge in [-0.1, -0.05) is 11.6 Å². The molecular formula is C13H14ClFN2O3. The normalized spacial score (nSPS) is 15.3. The van der Waals surface area contributed by atoms with E-state index in [9.17, 15) is 14.0 Å². The number of halogens is 2. The summed E-state index contributed by atoms with van der Waals surface area (Å²) in [6.45, 7) is 0.973. The molecule has 0 aliphatic carbocycles. The van der Waals surface area contributed by atoms with E-state index in [0.29, 0.717) is 31.7 Å². The summed E-state index contributed by atoms with van der Waals surface area (Å²) in [5.74, 6) is -1.16. The van der Waals surface area contributed by atoms with Gasteiger partial charge in [0.1, 0.15) is 12.4 Å². The molecule has 0 atom stereocenters. The number of hydrogen-bond acceptors (Lipinski definition) is 3. The van der Waals surface area contributed by atoms with Crippen molar-refractivity contribution >= 4 is 23.4 Å². The topological polar surface area (TPSA) is 60.9 Å². The molecule has 0 radical (unpaired) electrons. The minimum Gasteiger partial charge on any atom is -0.387 e. The van der Waals surface area contributed by atoms with Crippen LogP contribution in [-0.2, 0) is 4.79 Å². The fraction of sp³-hybridized carbons (Fsp3) is 0.385. The second kappa shape index (κ2) is 6.19. The SMILES string of the molecule is O=C(CO)N1CCN(C(=O)c2ccc(F)c(Cl)c2)CC1. The molecule has 5 nitrogen and oxygen atoms in total. The number of aliphatic hydroxyl groups excluding tert-OH is 1. The van der Waals surface area contributed by atoms with Crippen molar-refractivity contribution in [2.24, 2.45) is 0 Å². The monoisotopic (exact) mass is 300 g/mol. The number of aliphatic hydroxyl groups is 1. The van der Waals surface area contributed by atoms with Gasteiger partial charge in [0, 0.05) is 31.7 Å². The van der Waals surface area contributed by atoms with E-state index in [1.165, 1.54) is 17.0 Å². The van der Waals surface area contributed by atoms with E-state index in [4.69, 9.17) is 16.7 Å². The summed E-state index contributed by atoms with van der Waals surface area (Å²) in [6.07, 6.45) is 0. The standard InChI is InChI=1S/C13H14ClFN2O3/c14-10-7-9(1-2-11(10)15)13(20)17-5-3-16(4-6-17)12(19)8-18/h1-2,7,18H,3-6,8H2. The first-order valence-corrected chi connectivity index (χ1v) is 6.53. The molecule has 1 aromatic carbocycles. The van der Waals surface area contributed by atoms with E-state index in [1.807, 2.05) is 0 Å². The van der Waals surface area contributed by atoms with Crippen molar-refractivity contribution in [3.63, 3.8) is 0 Å². The van der Waals surface area contributed by atoms with Crippen molar-refractivity contribution < 1.29 is 19.1 Å². The molecule has 7 heteroatoms. The Kier molecular flexibility index (Phi) is 4.57. The Balaban J connectivity index is 2.01. The molecule has 0 spiro atoms. The summed E-state index contributed by atoms with van der Waals surface area (Å²) >= 11 is 5.65. The number of carbonyl (C=O) groups excluding carboxylic acids is 2. The third kappa shape index (κ3) is 3.08. The maximum Gasteiger partial charge on any atom is 0.254 e. The summed E-state index contributed by atoms with van der Waals surface area (Å²) in [5.41, 5.74) is 0.318. The quantitative estimate of drug-likeness (QED) is 0.877. The number of carbonyl (C=O) groups is 2. The van der Waals surface area contributed by atoms with Gasteiger partial charge < -0.3 is 14.9 Å². The molecule has 1 aromatic rings. The van der Waals surface area contributed by atoms with Crippen LogP contribution in [0.15, 0.2) is 18.2 Å². The van der Waals surface area contributed by atoms with Crippen LogP contribution in [0.3, 0.4) is 0 Å². The highest BCUT2D eigenvalue weighted by Gasteiger charge is 2.24. The van der Waals surface area contributed by atoms with E-state index in [1.54, 1.807) is 4.90 Å². The molecule has 1 aliphatic rings. The Labute approximate surface area is 120 Å². The van der Waals surface area contributed by atoms with Crippen molar-refractivity contribution in [1.82, 2.24) is 9.80 Å². The molecule has 2 rings (SSSR count). The molecule has 1 N–H and O–H groups in total. The van der Waals surface area contributed by atoms with Crippen LogP contribution in [0.25, 0.3) is 0 Å². The summed E-state index contributed by atoms with van der Waals surface area (Å²) in [4.78, 5) is 26.6. The third-order valence-electron chi connectivity index (χ3n) is 3.22. The number of benzene rings is 1. The van der Waals surface area contributed by atoms with Crippen molar-refractivity contribution in [1.29, 1.82) is 0 Å². The molecule has 1 fully saturated rings. The van der Waals surface area contributed by atoms with Gasteiger partial charge >= 0.3 is 0 Å². The van der Waals surface area contributed by atoms with Crippen LogP contribution in [0.2, 0.25) is 5.02 Å². The minimum atomic E-state index is -0.568. The van der Waals surface area contributed by atoms with Crippen molar-refractivity contribution in [2.75, 3.05) is 32.8 Å². The van der Waals surface area contributed by atoms with Crippen LogP contribution in [0.1, 0.15) is 10.4 Å². The van der Waals surface area contributed by atoms with Gasteiger partial charge in [0.2, 0.25) is 5.91 Å². The van der Waals surface area contributed by atoms with Crippen molar-refractivity contribution in [2.45, 2.75) is 0 Å². The highest BCUT2D eigenvalue weighted by molar-refractivity contribution is 6.31. The van der Waals surface area contributed by atoms with Gasteiger partial charge in [-0.2, -0.15) is 0 Å². The van der Waals surface area contributed by atoms with Crippen LogP contribution in [-0.4, -0.2) is 59.5 Å². The van der Waals surface area contributed by atoms with Crippen molar-refractivity contribution in [3.8, 4) is 0 Å². The third-order valence-corrected chi connectivity index (χ3v) is 3.51. The Bertz CT molecular complexity index is 530. The predicted octanol–water partition coefficient (Wildman–Crippen LogP) is 0.756. The van der Waals surface area contributed by atoms with Gasteiger partial charge in [-0.15, -0.1) is 0 Å². The first kappa shape index (κ1) is 14.7. The van der Waals surface area contributed by atoms with Gasteiger partial charge in [-0.3, -0.25) is 9.59 Å². The molecule has 1 aliphatic heterocycles. The zero-order valence-electron chi connectivity index (χ0n) is 10.7. The Morgan fingerprint density at radius 1 is 1.20 bits per heavy atom. The highest BCUT2D eigenvalue weighted by atomic mass is 35.5. The maximum absolute atomic E-state index is 13.1. The molecule has 2 amide bonds. The maximum atomic E-state index is 13.1. The van der Waals surface area contributed by atoms with Gasteiger partial charge in [-0.05, 0) is 18.2 Å². The van der Waals surface area contributed by atoms with Gasteiger partial charge in [-0.25, -0.2) is 4.39 Å². The fourth-order valence-corrected chi connectivity index (χ4v) is 2.25. The average molecular weight is 301 g/mol. The Morgan fingerprint density at radius 2 is 1.80 bits per heavy atom. The lowest BCUT2D eigenvalue weighted by molar-refractivity contribution is -0.135.